The lowest BCUT2D eigenvalue weighted by Gasteiger charge is -2.37. The van der Waals surface area contributed by atoms with Crippen LogP contribution in [0.2, 0.25) is 0 Å². The maximum atomic E-state index is 12.5. The second kappa shape index (κ2) is 4.14. The summed E-state index contributed by atoms with van der Waals surface area (Å²) in [4.78, 5) is 14.1. The summed E-state index contributed by atoms with van der Waals surface area (Å²) in [7, 11) is 0. The Morgan fingerprint density at radius 3 is 2.62 bits per heavy atom. The van der Waals surface area contributed by atoms with Gasteiger partial charge in [0, 0.05) is 5.56 Å². The van der Waals surface area contributed by atoms with Gasteiger partial charge >= 0.3 is 0 Å². The van der Waals surface area contributed by atoms with Gasteiger partial charge < -0.3 is 0 Å². The third-order valence-electron chi connectivity index (χ3n) is 3.12. The first kappa shape index (κ1) is 11.0. The minimum Gasteiger partial charge on any atom is -0.211 e. The maximum Gasteiger partial charge on any atom is 0.263 e. The summed E-state index contributed by atoms with van der Waals surface area (Å²) in [6.45, 7) is 0. The van der Waals surface area contributed by atoms with E-state index in [9.17, 15) is 13.6 Å². The molecule has 0 aliphatic heterocycles. The minimum atomic E-state index is -2.49. The van der Waals surface area contributed by atoms with Gasteiger partial charge in [0.25, 0.3) is 6.43 Å². The standard InChI is InChI=1S/C12H11F2NO/c13-11(14)9-3-1-4-10(7-9)12(15-8-16)5-2-6-12/h1,3-4,7,11H,2,5-6H2. The van der Waals surface area contributed by atoms with Gasteiger partial charge in [-0.15, -0.1) is 0 Å². The first-order valence-electron chi connectivity index (χ1n) is 5.15. The van der Waals surface area contributed by atoms with Gasteiger partial charge in [-0.2, -0.15) is 4.99 Å². The topological polar surface area (TPSA) is 29.4 Å². The Labute approximate surface area is 92.0 Å². The monoisotopic (exact) mass is 223 g/mol. The molecule has 1 fully saturated rings. The fraction of sp³-hybridized carbons (Fsp3) is 0.417. The predicted octanol–water partition coefficient (Wildman–Crippen LogP) is 3.34. The van der Waals surface area contributed by atoms with Crippen molar-refractivity contribution in [2.75, 3.05) is 0 Å². The molecule has 0 amide bonds. The second-order valence-corrected chi connectivity index (χ2v) is 4.01. The molecule has 0 spiro atoms. The molecule has 0 N–H and O–H groups in total. The zero-order valence-electron chi connectivity index (χ0n) is 8.62. The Hall–Kier alpha value is -1.54. The zero-order chi connectivity index (χ0) is 11.6. The van der Waals surface area contributed by atoms with Crippen molar-refractivity contribution in [3.8, 4) is 0 Å². The maximum absolute atomic E-state index is 12.5. The van der Waals surface area contributed by atoms with E-state index in [-0.39, 0.29) is 5.56 Å². The number of benzene rings is 1. The third kappa shape index (κ3) is 1.76. The van der Waals surface area contributed by atoms with Crippen LogP contribution in [0.3, 0.4) is 0 Å². The molecule has 1 aromatic carbocycles. The molecule has 0 saturated heterocycles. The molecule has 1 saturated carbocycles. The van der Waals surface area contributed by atoms with E-state index >= 15 is 0 Å². The van der Waals surface area contributed by atoms with E-state index in [1.165, 1.54) is 12.1 Å². The number of rotatable bonds is 3. The lowest BCUT2D eigenvalue weighted by atomic mass is 9.72. The highest BCUT2D eigenvalue weighted by atomic mass is 19.3. The van der Waals surface area contributed by atoms with Crippen LogP contribution in [0.4, 0.5) is 8.78 Å². The van der Waals surface area contributed by atoms with Gasteiger partial charge in [-0.3, -0.25) is 0 Å². The Morgan fingerprint density at radius 1 is 1.38 bits per heavy atom. The summed E-state index contributed by atoms with van der Waals surface area (Å²) in [5.74, 6) is 0. The number of halogens is 2. The van der Waals surface area contributed by atoms with Gasteiger partial charge in [0.15, 0.2) is 0 Å². The molecule has 4 heteroatoms. The van der Waals surface area contributed by atoms with Gasteiger partial charge in [-0.25, -0.2) is 13.6 Å². The van der Waals surface area contributed by atoms with Crippen molar-refractivity contribution in [3.05, 3.63) is 35.4 Å². The minimum absolute atomic E-state index is 0.0233. The number of hydrogen-bond donors (Lipinski definition) is 0. The molecule has 1 aliphatic carbocycles. The van der Waals surface area contributed by atoms with E-state index < -0.39 is 12.0 Å². The molecule has 0 aromatic heterocycles. The van der Waals surface area contributed by atoms with Crippen LogP contribution in [0.5, 0.6) is 0 Å². The molecule has 1 aromatic rings. The molecule has 0 bridgehead atoms. The molecule has 1 aliphatic rings. The largest absolute Gasteiger partial charge is 0.263 e. The van der Waals surface area contributed by atoms with Gasteiger partial charge in [-0.05, 0) is 30.9 Å². The van der Waals surface area contributed by atoms with Crippen molar-refractivity contribution in [2.45, 2.75) is 31.2 Å². The predicted molar refractivity (Wildman–Crippen MR) is 55.0 cm³/mol. The zero-order valence-corrected chi connectivity index (χ0v) is 8.62. The Bertz CT molecular complexity index is 434. The quantitative estimate of drug-likeness (QED) is 0.570. The van der Waals surface area contributed by atoms with E-state index in [2.05, 4.69) is 4.99 Å². The van der Waals surface area contributed by atoms with Crippen molar-refractivity contribution >= 4 is 6.08 Å². The highest BCUT2D eigenvalue weighted by Crippen LogP contribution is 2.45. The second-order valence-electron chi connectivity index (χ2n) is 4.01. The van der Waals surface area contributed by atoms with Gasteiger partial charge in [0.1, 0.15) is 0 Å². The summed E-state index contributed by atoms with van der Waals surface area (Å²) in [6.07, 6.45) is 1.48. The molecule has 0 atom stereocenters. The molecule has 0 heterocycles. The van der Waals surface area contributed by atoms with Crippen molar-refractivity contribution in [1.29, 1.82) is 0 Å². The van der Waals surface area contributed by atoms with E-state index in [1.54, 1.807) is 18.2 Å². The van der Waals surface area contributed by atoms with E-state index in [0.29, 0.717) is 5.56 Å². The number of hydrogen-bond acceptors (Lipinski definition) is 2. The highest BCUT2D eigenvalue weighted by Gasteiger charge is 2.39. The summed E-state index contributed by atoms with van der Waals surface area (Å²) in [6, 6.07) is 6.14. The summed E-state index contributed by atoms with van der Waals surface area (Å²) >= 11 is 0. The first-order valence-corrected chi connectivity index (χ1v) is 5.15. The molecular weight excluding hydrogens is 212 g/mol. The molecule has 16 heavy (non-hydrogen) atoms. The number of nitrogens with zero attached hydrogens (tertiary/aromatic N) is 1. The molecule has 2 nitrogen and oxygen atoms in total. The van der Waals surface area contributed by atoms with Gasteiger partial charge in [0.2, 0.25) is 6.08 Å². The van der Waals surface area contributed by atoms with Crippen LogP contribution >= 0.6 is 0 Å². The van der Waals surface area contributed by atoms with Crippen LogP contribution in [0, 0.1) is 0 Å². The van der Waals surface area contributed by atoms with Crippen LogP contribution < -0.4 is 0 Å². The van der Waals surface area contributed by atoms with Crippen LogP contribution in [0.1, 0.15) is 36.8 Å². The van der Waals surface area contributed by atoms with Crippen LogP contribution in [0.25, 0.3) is 0 Å². The van der Waals surface area contributed by atoms with Crippen molar-refractivity contribution in [3.63, 3.8) is 0 Å². The average molecular weight is 223 g/mol. The van der Waals surface area contributed by atoms with Gasteiger partial charge in [0.05, 0.1) is 5.54 Å². The molecule has 84 valence electrons. The lowest BCUT2D eigenvalue weighted by Crippen LogP contribution is -2.31. The normalized spacial score (nSPS) is 17.7. The fourth-order valence-electron chi connectivity index (χ4n) is 2.03. The Kier molecular flexibility index (Phi) is 2.84. The van der Waals surface area contributed by atoms with E-state index in [4.69, 9.17) is 0 Å². The highest BCUT2D eigenvalue weighted by molar-refractivity contribution is 5.40. The van der Waals surface area contributed by atoms with Crippen molar-refractivity contribution < 1.29 is 13.6 Å². The average Bonchev–Trinajstić information content (AvgIpc) is 2.23. The lowest BCUT2D eigenvalue weighted by molar-refractivity contribution is 0.151. The van der Waals surface area contributed by atoms with E-state index in [1.807, 2.05) is 0 Å². The van der Waals surface area contributed by atoms with Crippen LogP contribution in [0.15, 0.2) is 29.3 Å². The number of aliphatic imine (C=N–C) groups is 1. The van der Waals surface area contributed by atoms with Crippen molar-refractivity contribution in [1.82, 2.24) is 0 Å². The van der Waals surface area contributed by atoms with E-state index in [0.717, 1.165) is 19.3 Å². The number of carbonyl (C=O) groups excluding carboxylic acids is 1. The smallest absolute Gasteiger partial charge is 0.211 e. The first-order chi connectivity index (χ1) is 7.68. The SMILES string of the molecule is O=C=NC1(c2cccc(C(F)F)c2)CCC1. The Balaban J connectivity index is 2.39. The Morgan fingerprint density at radius 2 is 2.12 bits per heavy atom. The fourth-order valence-corrected chi connectivity index (χ4v) is 2.03. The summed E-state index contributed by atoms with van der Waals surface area (Å²) < 4.78 is 25.1. The number of isocyanates is 1. The molecule has 0 unspecified atom stereocenters. The summed E-state index contributed by atoms with van der Waals surface area (Å²) in [5, 5.41) is 0. The third-order valence-corrected chi connectivity index (χ3v) is 3.12. The molecule has 0 radical (unpaired) electrons. The van der Waals surface area contributed by atoms with Gasteiger partial charge in [-0.1, -0.05) is 18.2 Å². The van der Waals surface area contributed by atoms with Crippen LogP contribution in [-0.2, 0) is 10.3 Å². The molecular formula is C12H11F2NO. The molecule has 2 rings (SSSR count). The number of alkyl halides is 2. The van der Waals surface area contributed by atoms with Crippen LogP contribution in [-0.4, -0.2) is 6.08 Å². The summed E-state index contributed by atoms with van der Waals surface area (Å²) in [5.41, 5.74) is 0.0805. The van der Waals surface area contributed by atoms with Crippen molar-refractivity contribution in [2.24, 2.45) is 4.99 Å².